The van der Waals surface area contributed by atoms with Crippen molar-refractivity contribution in [3.8, 4) is 0 Å². The van der Waals surface area contributed by atoms with Gasteiger partial charge in [0.25, 0.3) is 0 Å². The molecule has 0 radical (unpaired) electrons. The highest BCUT2D eigenvalue weighted by Crippen LogP contribution is 1.92. The maximum Gasteiger partial charge on any atom is 0.239 e. The zero-order valence-electron chi connectivity index (χ0n) is 13.4. The van der Waals surface area contributed by atoms with Gasteiger partial charge in [-0.25, -0.2) is 0 Å². The van der Waals surface area contributed by atoms with Crippen molar-refractivity contribution < 1.29 is 19.5 Å². The topological polar surface area (TPSA) is 120 Å². The van der Waals surface area contributed by atoms with Gasteiger partial charge in [0.05, 0.1) is 13.1 Å². The van der Waals surface area contributed by atoms with E-state index in [2.05, 4.69) is 21.3 Å². The van der Waals surface area contributed by atoms with E-state index >= 15 is 0 Å². The number of unbranched alkanes of at least 4 members (excludes halogenated alkanes) is 2. The predicted octanol–water partition coefficient (Wildman–Crippen LogP) is -1.16. The standard InChI is InChI=1S/C14H28N4O4/c1-3-12(20)17-10-14(22)18-9-13(21)16-8-6-4-5-7-15-11(2)19/h11,15,19H,3-10H2,1-2H3,(H,16,21)(H,17,20)(H,18,22). The van der Waals surface area contributed by atoms with E-state index in [1.54, 1.807) is 13.8 Å². The highest BCUT2D eigenvalue weighted by molar-refractivity contribution is 5.88. The minimum atomic E-state index is -0.495. The summed E-state index contributed by atoms with van der Waals surface area (Å²) in [5, 5.41) is 19.4. The minimum Gasteiger partial charge on any atom is -0.379 e. The highest BCUT2D eigenvalue weighted by Gasteiger charge is 2.06. The first-order valence-electron chi connectivity index (χ1n) is 7.67. The molecule has 0 aromatic heterocycles. The molecule has 3 amide bonds. The summed E-state index contributed by atoms with van der Waals surface area (Å²) < 4.78 is 0. The molecular weight excluding hydrogens is 288 g/mol. The van der Waals surface area contributed by atoms with Crippen LogP contribution in [0.3, 0.4) is 0 Å². The van der Waals surface area contributed by atoms with E-state index in [0.29, 0.717) is 13.0 Å². The van der Waals surface area contributed by atoms with Crippen LogP contribution < -0.4 is 21.3 Å². The third kappa shape index (κ3) is 13.3. The number of rotatable bonds is 12. The van der Waals surface area contributed by atoms with Crippen molar-refractivity contribution in [1.29, 1.82) is 0 Å². The molecule has 0 aliphatic heterocycles. The van der Waals surface area contributed by atoms with Gasteiger partial charge in [0.2, 0.25) is 17.7 Å². The summed E-state index contributed by atoms with van der Waals surface area (Å²) in [7, 11) is 0. The van der Waals surface area contributed by atoms with Gasteiger partial charge in [0.1, 0.15) is 6.23 Å². The molecule has 1 atom stereocenters. The molecule has 22 heavy (non-hydrogen) atoms. The molecule has 128 valence electrons. The first kappa shape index (κ1) is 20.3. The quantitative estimate of drug-likeness (QED) is 0.230. The van der Waals surface area contributed by atoms with Crippen LogP contribution >= 0.6 is 0 Å². The van der Waals surface area contributed by atoms with E-state index in [1.807, 2.05) is 0 Å². The summed E-state index contributed by atoms with van der Waals surface area (Å²) in [5.74, 6) is -0.844. The van der Waals surface area contributed by atoms with Crippen LogP contribution in [-0.4, -0.2) is 55.2 Å². The molecule has 0 aromatic carbocycles. The summed E-state index contributed by atoms with van der Waals surface area (Å²) >= 11 is 0. The Morgan fingerprint density at radius 3 is 2.00 bits per heavy atom. The maximum absolute atomic E-state index is 11.5. The zero-order chi connectivity index (χ0) is 16.8. The summed E-state index contributed by atoms with van der Waals surface area (Å²) in [6, 6.07) is 0. The lowest BCUT2D eigenvalue weighted by Crippen LogP contribution is -2.42. The summed E-state index contributed by atoms with van der Waals surface area (Å²) in [4.78, 5) is 33.8. The number of hydrogen-bond donors (Lipinski definition) is 5. The van der Waals surface area contributed by atoms with Crippen molar-refractivity contribution in [3.63, 3.8) is 0 Å². The van der Waals surface area contributed by atoms with Crippen molar-refractivity contribution in [1.82, 2.24) is 21.3 Å². The Balaban J connectivity index is 3.46. The van der Waals surface area contributed by atoms with Gasteiger partial charge < -0.3 is 21.1 Å². The zero-order valence-corrected chi connectivity index (χ0v) is 13.4. The van der Waals surface area contributed by atoms with Crippen LogP contribution in [0.15, 0.2) is 0 Å². The molecule has 0 rings (SSSR count). The van der Waals surface area contributed by atoms with Gasteiger partial charge in [-0.3, -0.25) is 19.7 Å². The number of carbonyl (C=O) groups is 3. The maximum atomic E-state index is 11.5. The van der Waals surface area contributed by atoms with Crippen molar-refractivity contribution in [2.24, 2.45) is 0 Å². The molecule has 0 heterocycles. The van der Waals surface area contributed by atoms with Crippen LogP contribution in [-0.2, 0) is 14.4 Å². The fourth-order valence-corrected chi connectivity index (χ4v) is 1.57. The van der Waals surface area contributed by atoms with E-state index in [0.717, 1.165) is 25.8 Å². The lowest BCUT2D eigenvalue weighted by molar-refractivity contribution is -0.127. The van der Waals surface area contributed by atoms with Gasteiger partial charge >= 0.3 is 0 Å². The van der Waals surface area contributed by atoms with Gasteiger partial charge in [-0.15, -0.1) is 0 Å². The normalized spacial score (nSPS) is 11.6. The lowest BCUT2D eigenvalue weighted by atomic mass is 10.2. The fourth-order valence-electron chi connectivity index (χ4n) is 1.57. The third-order valence-electron chi connectivity index (χ3n) is 2.83. The number of hydrogen-bond acceptors (Lipinski definition) is 5. The van der Waals surface area contributed by atoms with Crippen LogP contribution in [0, 0.1) is 0 Å². The van der Waals surface area contributed by atoms with Crippen molar-refractivity contribution in [2.75, 3.05) is 26.2 Å². The minimum absolute atomic E-state index is 0.0928. The number of aliphatic hydroxyl groups is 1. The third-order valence-corrected chi connectivity index (χ3v) is 2.83. The van der Waals surface area contributed by atoms with Gasteiger partial charge in [-0.2, -0.15) is 0 Å². The Bertz CT molecular complexity index is 348. The summed E-state index contributed by atoms with van der Waals surface area (Å²) in [6.45, 7) is 4.45. The van der Waals surface area contributed by atoms with E-state index in [9.17, 15) is 14.4 Å². The Morgan fingerprint density at radius 2 is 1.41 bits per heavy atom. The molecule has 1 unspecified atom stereocenters. The number of amides is 3. The molecule has 8 heteroatoms. The first-order valence-corrected chi connectivity index (χ1v) is 7.67. The first-order chi connectivity index (χ1) is 10.5. The van der Waals surface area contributed by atoms with Crippen LogP contribution in [0.25, 0.3) is 0 Å². The molecule has 5 N–H and O–H groups in total. The molecule has 0 aromatic rings. The van der Waals surface area contributed by atoms with Crippen molar-refractivity contribution >= 4 is 17.7 Å². The average Bonchev–Trinajstić information content (AvgIpc) is 2.49. The SMILES string of the molecule is CCC(=O)NCC(=O)NCC(=O)NCCCCCNC(C)O. The van der Waals surface area contributed by atoms with Crippen LogP contribution in [0.2, 0.25) is 0 Å². The average molecular weight is 316 g/mol. The molecule has 0 fully saturated rings. The second-order valence-corrected chi connectivity index (χ2v) is 4.95. The number of nitrogens with one attached hydrogen (secondary N) is 4. The second-order valence-electron chi connectivity index (χ2n) is 4.95. The Labute approximate surface area is 131 Å². The van der Waals surface area contributed by atoms with Gasteiger partial charge in [-0.05, 0) is 26.3 Å². The van der Waals surface area contributed by atoms with Crippen molar-refractivity contribution in [3.05, 3.63) is 0 Å². The summed E-state index contributed by atoms with van der Waals surface area (Å²) in [6.07, 6.45) is 2.53. The molecule has 0 spiro atoms. The van der Waals surface area contributed by atoms with Gasteiger partial charge in [0, 0.05) is 13.0 Å². The summed E-state index contributed by atoms with van der Waals surface area (Å²) in [5.41, 5.74) is 0. The van der Waals surface area contributed by atoms with E-state index in [-0.39, 0.29) is 30.8 Å². The predicted molar refractivity (Wildman–Crippen MR) is 82.9 cm³/mol. The Morgan fingerprint density at radius 1 is 0.864 bits per heavy atom. The molecule has 0 bridgehead atoms. The van der Waals surface area contributed by atoms with E-state index in [1.165, 1.54) is 0 Å². The van der Waals surface area contributed by atoms with E-state index < -0.39 is 6.23 Å². The molecule has 8 nitrogen and oxygen atoms in total. The highest BCUT2D eigenvalue weighted by atomic mass is 16.3. The smallest absolute Gasteiger partial charge is 0.239 e. The van der Waals surface area contributed by atoms with Crippen LogP contribution in [0.4, 0.5) is 0 Å². The van der Waals surface area contributed by atoms with Gasteiger partial charge in [-0.1, -0.05) is 13.3 Å². The molecule has 0 saturated heterocycles. The van der Waals surface area contributed by atoms with Crippen LogP contribution in [0.5, 0.6) is 0 Å². The Kier molecular flexibility index (Phi) is 12.0. The molecule has 0 aliphatic rings. The van der Waals surface area contributed by atoms with Crippen molar-refractivity contribution in [2.45, 2.75) is 45.8 Å². The monoisotopic (exact) mass is 316 g/mol. The molecule has 0 saturated carbocycles. The lowest BCUT2D eigenvalue weighted by Gasteiger charge is -2.08. The molecule has 0 aliphatic carbocycles. The number of aliphatic hydroxyl groups excluding tert-OH is 1. The number of carbonyl (C=O) groups excluding carboxylic acids is 3. The largest absolute Gasteiger partial charge is 0.379 e. The fraction of sp³-hybridized carbons (Fsp3) is 0.786. The molecular formula is C14H28N4O4. The Hall–Kier alpha value is -1.67. The van der Waals surface area contributed by atoms with Crippen LogP contribution in [0.1, 0.15) is 39.5 Å². The van der Waals surface area contributed by atoms with Gasteiger partial charge in [0.15, 0.2) is 0 Å². The second kappa shape index (κ2) is 13.0. The van der Waals surface area contributed by atoms with E-state index in [4.69, 9.17) is 5.11 Å².